The largest absolute Gasteiger partial charge is 0.327 e. The molecule has 0 saturated heterocycles. The van der Waals surface area contributed by atoms with Crippen LogP contribution in [0.5, 0.6) is 0 Å². The molecule has 0 saturated carbocycles. The Morgan fingerprint density at radius 1 is 1.10 bits per heavy atom. The van der Waals surface area contributed by atoms with E-state index in [-0.39, 0.29) is 5.75 Å². The fourth-order valence-electron chi connectivity index (χ4n) is 1.94. The van der Waals surface area contributed by atoms with Crippen LogP contribution in [0.25, 0.3) is 0 Å². The first-order chi connectivity index (χ1) is 10.1. The van der Waals surface area contributed by atoms with Crippen LogP contribution >= 0.6 is 0 Å². The number of hydrogen-bond acceptors (Lipinski definition) is 4. The van der Waals surface area contributed by atoms with Crippen LogP contribution in [0.2, 0.25) is 0 Å². The van der Waals surface area contributed by atoms with Gasteiger partial charge in [0.2, 0.25) is 10.0 Å². The molecule has 0 aliphatic rings. The molecule has 2 aromatic rings. The van der Waals surface area contributed by atoms with E-state index in [1.54, 1.807) is 13.0 Å². The van der Waals surface area contributed by atoms with Crippen molar-refractivity contribution in [1.82, 2.24) is 4.98 Å². The van der Waals surface area contributed by atoms with Crippen LogP contribution in [0.4, 0.5) is 17.2 Å². The molecule has 21 heavy (non-hydrogen) atoms. The number of hydrogen-bond donors (Lipinski definition) is 1. The topological polar surface area (TPSA) is 62.3 Å². The third-order valence-corrected chi connectivity index (χ3v) is 4.37. The maximum atomic E-state index is 11.5. The van der Waals surface area contributed by atoms with Crippen molar-refractivity contribution >= 4 is 27.2 Å². The molecule has 2 rings (SSSR count). The maximum Gasteiger partial charge on any atom is 0.232 e. The molecule has 1 N–H and O–H groups in total. The number of benzene rings is 1. The zero-order chi connectivity index (χ0) is 15.3. The number of anilines is 3. The average molecular weight is 305 g/mol. The van der Waals surface area contributed by atoms with E-state index in [1.807, 2.05) is 43.3 Å². The normalized spacial score (nSPS) is 11.1. The van der Waals surface area contributed by atoms with E-state index in [4.69, 9.17) is 0 Å². The molecule has 0 radical (unpaired) electrons. The van der Waals surface area contributed by atoms with Crippen molar-refractivity contribution in [1.29, 1.82) is 0 Å². The van der Waals surface area contributed by atoms with Crippen LogP contribution in [-0.2, 0) is 10.0 Å². The fraction of sp³-hybridized carbons (Fsp3) is 0.267. The number of para-hydroxylation sites is 1. The fourth-order valence-corrected chi connectivity index (χ4v) is 2.57. The Labute approximate surface area is 125 Å². The highest BCUT2D eigenvalue weighted by molar-refractivity contribution is 7.92. The maximum absolute atomic E-state index is 11.5. The molecule has 5 nitrogen and oxygen atoms in total. The monoisotopic (exact) mass is 305 g/mol. The summed E-state index contributed by atoms with van der Waals surface area (Å²) in [5.74, 6) is 0.822. The number of sulfonamides is 1. The molecule has 112 valence electrons. The minimum Gasteiger partial charge on any atom is -0.327 e. The molecule has 0 fully saturated rings. The molecule has 6 heteroatoms. The number of aromatic nitrogens is 1. The lowest BCUT2D eigenvalue weighted by atomic mass is 10.3. The van der Waals surface area contributed by atoms with Crippen LogP contribution in [0.3, 0.4) is 0 Å². The van der Waals surface area contributed by atoms with Gasteiger partial charge in [-0.2, -0.15) is 0 Å². The first kappa shape index (κ1) is 15.3. The quantitative estimate of drug-likeness (QED) is 0.891. The molecule has 0 amide bonds. The molecule has 0 aliphatic heterocycles. The second-order valence-corrected chi connectivity index (χ2v) is 6.50. The highest BCUT2D eigenvalue weighted by Crippen LogP contribution is 2.23. The molecule has 0 unspecified atom stereocenters. The van der Waals surface area contributed by atoms with Gasteiger partial charge in [-0.25, -0.2) is 13.4 Å². The van der Waals surface area contributed by atoms with Gasteiger partial charge < -0.3 is 4.90 Å². The van der Waals surface area contributed by atoms with Crippen LogP contribution < -0.4 is 9.62 Å². The van der Waals surface area contributed by atoms with Gasteiger partial charge >= 0.3 is 0 Å². The first-order valence-electron chi connectivity index (χ1n) is 6.85. The Hall–Kier alpha value is -2.08. The lowest BCUT2D eigenvalue weighted by molar-refractivity contribution is 0.602. The summed E-state index contributed by atoms with van der Waals surface area (Å²) in [4.78, 5) is 6.40. The summed E-state index contributed by atoms with van der Waals surface area (Å²) in [5, 5.41) is 0. The van der Waals surface area contributed by atoms with E-state index in [1.165, 1.54) is 6.20 Å². The van der Waals surface area contributed by atoms with Crippen molar-refractivity contribution < 1.29 is 8.42 Å². The van der Waals surface area contributed by atoms with E-state index < -0.39 is 10.0 Å². The summed E-state index contributed by atoms with van der Waals surface area (Å²) in [6.45, 7) is 4.41. The number of nitrogens with one attached hydrogen (secondary N) is 1. The van der Waals surface area contributed by atoms with Crippen molar-refractivity contribution in [3.63, 3.8) is 0 Å². The third-order valence-electron chi connectivity index (χ3n) is 3.06. The van der Waals surface area contributed by atoms with E-state index in [9.17, 15) is 8.42 Å². The van der Waals surface area contributed by atoms with Crippen molar-refractivity contribution in [2.45, 2.75) is 13.8 Å². The molecular weight excluding hydrogens is 286 g/mol. The zero-order valence-electron chi connectivity index (χ0n) is 12.2. The van der Waals surface area contributed by atoms with Gasteiger partial charge in [0.1, 0.15) is 5.82 Å². The number of rotatable bonds is 6. The minimum atomic E-state index is -3.27. The van der Waals surface area contributed by atoms with Crippen molar-refractivity contribution in [3.05, 3.63) is 48.7 Å². The summed E-state index contributed by atoms with van der Waals surface area (Å²) in [6, 6.07) is 13.5. The Balaban J connectivity index is 2.22. The van der Waals surface area contributed by atoms with Gasteiger partial charge in [0.05, 0.1) is 17.6 Å². The Morgan fingerprint density at radius 3 is 2.33 bits per heavy atom. The summed E-state index contributed by atoms with van der Waals surface area (Å²) in [5.41, 5.74) is 1.53. The van der Waals surface area contributed by atoms with Gasteiger partial charge in [0.15, 0.2) is 0 Å². The second-order valence-electron chi connectivity index (χ2n) is 4.49. The van der Waals surface area contributed by atoms with Crippen LogP contribution in [-0.4, -0.2) is 25.7 Å². The van der Waals surface area contributed by atoms with Crippen LogP contribution in [0.15, 0.2) is 48.7 Å². The molecule has 1 heterocycles. The van der Waals surface area contributed by atoms with E-state index in [2.05, 4.69) is 14.6 Å². The highest BCUT2D eigenvalue weighted by atomic mass is 32.2. The molecule has 0 atom stereocenters. The zero-order valence-corrected chi connectivity index (χ0v) is 13.0. The Morgan fingerprint density at radius 2 is 1.81 bits per heavy atom. The van der Waals surface area contributed by atoms with Gasteiger partial charge in [-0.1, -0.05) is 18.2 Å². The molecular formula is C15H19N3O2S. The average Bonchev–Trinajstić information content (AvgIpc) is 2.50. The summed E-state index contributed by atoms with van der Waals surface area (Å²) in [6.07, 6.45) is 1.54. The van der Waals surface area contributed by atoms with Gasteiger partial charge in [-0.15, -0.1) is 0 Å². The number of pyridine rings is 1. The second kappa shape index (κ2) is 6.58. The molecule has 1 aromatic carbocycles. The third kappa shape index (κ3) is 3.95. The first-order valence-corrected chi connectivity index (χ1v) is 8.50. The highest BCUT2D eigenvalue weighted by Gasteiger charge is 2.10. The summed E-state index contributed by atoms with van der Waals surface area (Å²) < 4.78 is 25.5. The molecule has 0 aliphatic carbocycles. The van der Waals surface area contributed by atoms with Crippen molar-refractivity contribution in [2.24, 2.45) is 0 Å². The minimum absolute atomic E-state index is 0.0415. The van der Waals surface area contributed by atoms with Crippen molar-refractivity contribution in [2.75, 3.05) is 21.9 Å². The lowest BCUT2D eigenvalue weighted by Gasteiger charge is -2.22. The molecule has 0 spiro atoms. The van der Waals surface area contributed by atoms with Crippen LogP contribution in [0, 0.1) is 0 Å². The molecule has 0 bridgehead atoms. The number of nitrogens with zero attached hydrogens (tertiary/aromatic N) is 2. The Bertz CT molecular complexity index is 670. The van der Waals surface area contributed by atoms with Gasteiger partial charge in [0, 0.05) is 12.2 Å². The van der Waals surface area contributed by atoms with E-state index in [0.717, 1.165) is 18.1 Å². The summed E-state index contributed by atoms with van der Waals surface area (Å²) >= 11 is 0. The van der Waals surface area contributed by atoms with Crippen LogP contribution in [0.1, 0.15) is 13.8 Å². The Kier molecular flexibility index (Phi) is 4.80. The van der Waals surface area contributed by atoms with Gasteiger partial charge in [-0.05, 0) is 38.1 Å². The van der Waals surface area contributed by atoms with E-state index in [0.29, 0.717) is 5.69 Å². The predicted molar refractivity (Wildman–Crippen MR) is 86.4 cm³/mol. The van der Waals surface area contributed by atoms with E-state index >= 15 is 0 Å². The van der Waals surface area contributed by atoms with Gasteiger partial charge in [-0.3, -0.25) is 4.72 Å². The SMILES string of the molecule is CCN(c1ccccc1)c1ccc(NS(=O)(=O)CC)cn1. The van der Waals surface area contributed by atoms with Crippen molar-refractivity contribution in [3.8, 4) is 0 Å². The standard InChI is InChI=1S/C15H19N3O2S/c1-3-18(14-8-6-5-7-9-14)15-11-10-13(12-16-15)17-21(19,20)4-2/h5-12,17H,3-4H2,1-2H3. The summed E-state index contributed by atoms with van der Waals surface area (Å²) in [7, 11) is -3.27. The van der Waals surface area contributed by atoms with Gasteiger partial charge in [0.25, 0.3) is 0 Å². The molecule has 1 aromatic heterocycles. The smallest absolute Gasteiger partial charge is 0.232 e. The predicted octanol–water partition coefficient (Wildman–Crippen LogP) is 3.00. The lowest BCUT2D eigenvalue weighted by Crippen LogP contribution is -2.18.